The maximum atomic E-state index is 5.42. The molecule has 0 aromatic carbocycles. The molecule has 0 aliphatic heterocycles. The summed E-state index contributed by atoms with van der Waals surface area (Å²) in [6.45, 7) is 3.12. The van der Waals surface area contributed by atoms with Gasteiger partial charge in [0.05, 0.1) is 25.1 Å². The van der Waals surface area contributed by atoms with Gasteiger partial charge in [-0.1, -0.05) is 6.92 Å². The van der Waals surface area contributed by atoms with Gasteiger partial charge >= 0.3 is 0 Å². The van der Waals surface area contributed by atoms with Crippen molar-refractivity contribution in [1.29, 1.82) is 0 Å². The van der Waals surface area contributed by atoms with Crippen molar-refractivity contribution in [3.63, 3.8) is 0 Å². The van der Waals surface area contributed by atoms with Crippen LogP contribution in [0.25, 0.3) is 0 Å². The maximum absolute atomic E-state index is 5.42. The Morgan fingerprint density at radius 2 is 2.25 bits per heavy atom. The molecule has 4 heteroatoms. The quantitative estimate of drug-likeness (QED) is 0.802. The number of nitrogens with zero attached hydrogens (tertiary/aromatic N) is 1. The molecule has 0 saturated heterocycles. The van der Waals surface area contributed by atoms with E-state index in [1.54, 1.807) is 13.4 Å². The van der Waals surface area contributed by atoms with Gasteiger partial charge in [-0.05, 0) is 43.7 Å². The molecule has 0 aliphatic rings. The minimum atomic E-state index is 0.177. The van der Waals surface area contributed by atoms with Crippen LogP contribution in [0.15, 0.2) is 41.1 Å². The molecule has 1 unspecified atom stereocenters. The largest absolute Gasteiger partial charge is 0.495 e. The molecule has 2 rings (SSSR count). The van der Waals surface area contributed by atoms with E-state index >= 15 is 0 Å². The lowest BCUT2D eigenvalue weighted by atomic mass is 10.0. The third-order valence-electron chi connectivity index (χ3n) is 3.25. The van der Waals surface area contributed by atoms with E-state index < -0.39 is 0 Å². The Bertz CT molecular complexity index is 497. The van der Waals surface area contributed by atoms with Gasteiger partial charge in [0.25, 0.3) is 0 Å². The van der Waals surface area contributed by atoms with Gasteiger partial charge in [0.2, 0.25) is 0 Å². The Balaban J connectivity index is 2.09. The van der Waals surface area contributed by atoms with Crippen LogP contribution in [0.5, 0.6) is 5.75 Å². The summed E-state index contributed by atoms with van der Waals surface area (Å²) in [6, 6.07) is 7.95. The number of hydrogen-bond acceptors (Lipinski definition) is 4. The number of methoxy groups -OCH3 is 1. The van der Waals surface area contributed by atoms with E-state index in [9.17, 15) is 0 Å². The summed E-state index contributed by atoms with van der Waals surface area (Å²) in [5.41, 5.74) is 0.968. The maximum Gasteiger partial charge on any atom is 0.141 e. The van der Waals surface area contributed by atoms with Crippen LogP contribution in [0.2, 0.25) is 0 Å². The van der Waals surface area contributed by atoms with E-state index in [2.05, 4.69) is 17.2 Å². The fourth-order valence-electron chi connectivity index (χ4n) is 2.23. The molecule has 1 N–H and O–H groups in total. The average molecular weight is 274 g/mol. The molecule has 4 nitrogen and oxygen atoms in total. The molecule has 0 spiro atoms. The van der Waals surface area contributed by atoms with Gasteiger partial charge in [-0.15, -0.1) is 0 Å². The minimum Gasteiger partial charge on any atom is -0.495 e. The van der Waals surface area contributed by atoms with Crippen molar-refractivity contribution in [3.05, 3.63) is 48.2 Å². The van der Waals surface area contributed by atoms with Gasteiger partial charge in [0.15, 0.2) is 0 Å². The van der Waals surface area contributed by atoms with Crippen molar-refractivity contribution in [1.82, 2.24) is 10.3 Å². The van der Waals surface area contributed by atoms with Crippen molar-refractivity contribution in [2.24, 2.45) is 0 Å². The number of nitrogens with one attached hydrogen (secondary N) is 1. The molecule has 0 aliphatic carbocycles. The second-order valence-corrected chi connectivity index (χ2v) is 4.72. The van der Waals surface area contributed by atoms with E-state index in [4.69, 9.17) is 9.15 Å². The summed E-state index contributed by atoms with van der Waals surface area (Å²) in [5.74, 6) is 1.84. The molecule has 1 atom stereocenters. The lowest BCUT2D eigenvalue weighted by Crippen LogP contribution is -2.24. The molecular weight excluding hydrogens is 252 g/mol. The summed E-state index contributed by atoms with van der Waals surface area (Å²) in [4.78, 5) is 4.48. The van der Waals surface area contributed by atoms with Gasteiger partial charge in [-0.25, -0.2) is 0 Å². The first-order valence-corrected chi connectivity index (χ1v) is 7.09. The van der Waals surface area contributed by atoms with Crippen LogP contribution in [0.4, 0.5) is 0 Å². The summed E-state index contributed by atoms with van der Waals surface area (Å²) in [6.07, 6.45) is 6.43. The second-order valence-electron chi connectivity index (χ2n) is 4.72. The van der Waals surface area contributed by atoms with Crippen LogP contribution in [-0.2, 0) is 6.42 Å². The SMILES string of the molecule is CCCNC(CCc1ccco1)c1ncccc1OC. The highest BCUT2D eigenvalue weighted by Gasteiger charge is 2.17. The first kappa shape index (κ1) is 14.6. The van der Waals surface area contributed by atoms with Crippen LogP contribution in [0, 0.1) is 0 Å². The lowest BCUT2D eigenvalue weighted by molar-refractivity contribution is 0.385. The summed E-state index contributed by atoms with van der Waals surface area (Å²) in [7, 11) is 1.68. The molecule has 108 valence electrons. The van der Waals surface area contributed by atoms with Crippen LogP contribution in [0.3, 0.4) is 0 Å². The molecule has 0 saturated carbocycles. The zero-order valence-electron chi connectivity index (χ0n) is 12.1. The zero-order valence-corrected chi connectivity index (χ0v) is 12.1. The second kappa shape index (κ2) is 7.70. The smallest absolute Gasteiger partial charge is 0.141 e. The van der Waals surface area contributed by atoms with Crippen molar-refractivity contribution < 1.29 is 9.15 Å². The minimum absolute atomic E-state index is 0.177. The summed E-state index contributed by atoms with van der Waals surface area (Å²) in [5, 5.41) is 3.54. The van der Waals surface area contributed by atoms with Gasteiger partial charge in [0.1, 0.15) is 11.5 Å². The highest BCUT2D eigenvalue weighted by atomic mass is 16.5. The number of pyridine rings is 1. The highest BCUT2D eigenvalue weighted by molar-refractivity contribution is 5.29. The van der Waals surface area contributed by atoms with E-state index in [0.717, 1.165) is 43.0 Å². The fourth-order valence-corrected chi connectivity index (χ4v) is 2.23. The van der Waals surface area contributed by atoms with Crippen molar-refractivity contribution in [2.45, 2.75) is 32.2 Å². The molecule has 2 aromatic rings. The van der Waals surface area contributed by atoms with Gasteiger partial charge < -0.3 is 14.5 Å². The Morgan fingerprint density at radius 1 is 1.35 bits per heavy atom. The van der Waals surface area contributed by atoms with Crippen molar-refractivity contribution in [2.75, 3.05) is 13.7 Å². The van der Waals surface area contributed by atoms with Gasteiger partial charge in [0, 0.05) is 12.6 Å². The molecule has 0 amide bonds. The molecule has 0 bridgehead atoms. The number of furan rings is 1. The van der Waals surface area contributed by atoms with Crippen LogP contribution in [-0.4, -0.2) is 18.6 Å². The predicted molar refractivity (Wildman–Crippen MR) is 78.9 cm³/mol. The van der Waals surface area contributed by atoms with E-state index in [-0.39, 0.29) is 6.04 Å². The Kier molecular flexibility index (Phi) is 5.62. The van der Waals surface area contributed by atoms with Crippen LogP contribution < -0.4 is 10.1 Å². The topological polar surface area (TPSA) is 47.3 Å². The summed E-state index contributed by atoms with van der Waals surface area (Å²) >= 11 is 0. The number of aromatic nitrogens is 1. The van der Waals surface area contributed by atoms with Crippen LogP contribution in [0.1, 0.15) is 37.3 Å². The predicted octanol–water partition coefficient (Wildman–Crippen LogP) is 3.36. The first-order valence-electron chi connectivity index (χ1n) is 7.09. The highest BCUT2D eigenvalue weighted by Crippen LogP contribution is 2.26. The molecule has 2 aromatic heterocycles. The Labute approximate surface area is 120 Å². The standard InChI is InChI=1S/C16H22N2O2/c1-3-10-17-14(9-8-13-6-5-12-20-13)16-15(19-2)7-4-11-18-16/h4-7,11-12,14,17H,3,8-10H2,1-2H3. The average Bonchev–Trinajstić information content (AvgIpc) is 3.01. The molecule has 20 heavy (non-hydrogen) atoms. The van der Waals surface area contributed by atoms with E-state index in [1.807, 2.05) is 30.5 Å². The van der Waals surface area contributed by atoms with Crippen molar-refractivity contribution in [3.8, 4) is 5.75 Å². The van der Waals surface area contributed by atoms with Gasteiger partial charge in [-0.2, -0.15) is 0 Å². The third-order valence-corrected chi connectivity index (χ3v) is 3.25. The lowest BCUT2D eigenvalue weighted by Gasteiger charge is -2.19. The van der Waals surface area contributed by atoms with Crippen molar-refractivity contribution >= 4 is 0 Å². The Hall–Kier alpha value is -1.81. The molecular formula is C16H22N2O2. The fraction of sp³-hybridized carbons (Fsp3) is 0.438. The monoisotopic (exact) mass is 274 g/mol. The third kappa shape index (κ3) is 3.84. The molecule has 0 radical (unpaired) electrons. The number of hydrogen-bond donors (Lipinski definition) is 1. The Morgan fingerprint density at radius 3 is 2.95 bits per heavy atom. The molecule has 0 fully saturated rings. The van der Waals surface area contributed by atoms with Crippen LogP contribution >= 0.6 is 0 Å². The molecule has 2 heterocycles. The van der Waals surface area contributed by atoms with Gasteiger partial charge in [-0.3, -0.25) is 4.98 Å². The number of aryl methyl sites for hydroxylation is 1. The van der Waals surface area contributed by atoms with E-state index in [0.29, 0.717) is 0 Å². The number of rotatable bonds is 8. The number of ether oxygens (including phenoxy) is 1. The zero-order chi connectivity index (χ0) is 14.2. The first-order chi connectivity index (χ1) is 9.85. The summed E-state index contributed by atoms with van der Waals surface area (Å²) < 4.78 is 10.8. The van der Waals surface area contributed by atoms with E-state index in [1.165, 1.54) is 0 Å². The normalized spacial score (nSPS) is 12.3.